The summed E-state index contributed by atoms with van der Waals surface area (Å²) < 4.78 is 128. The van der Waals surface area contributed by atoms with Gasteiger partial charge in [-0.2, -0.15) is 26.3 Å². The zero-order valence-electron chi connectivity index (χ0n) is 65.1. The highest BCUT2D eigenvalue weighted by molar-refractivity contribution is 6.35. The van der Waals surface area contributed by atoms with E-state index in [-0.39, 0.29) is 112 Å². The summed E-state index contributed by atoms with van der Waals surface area (Å²) in [5.74, 6) is -4.95. The minimum absolute atomic E-state index is 0.0000339. The fraction of sp³-hybridized carbons (Fsp3) is 0.0200. The largest absolute Gasteiger partial charge is 0.573 e. The summed E-state index contributed by atoms with van der Waals surface area (Å²) in [6.45, 7) is 69.9. The van der Waals surface area contributed by atoms with Crippen LogP contribution in [0.15, 0.2) is 216 Å². The van der Waals surface area contributed by atoms with Crippen LogP contribution in [0.5, 0.6) is 11.5 Å². The maximum Gasteiger partial charge on any atom is 0.573 e. The zero-order chi connectivity index (χ0) is 93.5. The van der Waals surface area contributed by atoms with Gasteiger partial charge in [0.1, 0.15) is 47.4 Å². The van der Waals surface area contributed by atoms with Gasteiger partial charge in [0.25, 0.3) is 34.2 Å². The molecule has 9 aromatic carbocycles. The van der Waals surface area contributed by atoms with Gasteiger partial charge in [-0.1, -0.05) is 182 Å². The predicted molar refractivity (Wildman–Crippen MR) is 453 cm³/mol. The summed E-state index contributed by atoms with van der Waals surface area (Å²) in [7, 11) is 0. The van der Waals surface area contributed by atoms with Crippen molar-refractivity contribution in [2.45, 2.75) is 12.7 Å². The van der Waals surface area contributed by atoms with Crippen molar-refractivity contribution in [3.8, 4) is 78.3 Å². The van der Waals surface area contributed by atoms with Gasteiger partial charge in [0.2, 0.25) is 17.1 Å². The quantitative estimate of drug-likeness (QED) is 0.0777. The molecule has 15 rings (SSSR count). The number of halogens is 8. The molecular weight excluding hydrogens is 1670 g/mol. The van der Waals surface area contributed by atoms with Crippen molar-refractivity contribution in [3.05, 3.63) is 442 Å². The van der Waals surface area contributed by atoms with Crippen LogP contribution in [0.25, 0.3) is 144 Å². The molecule has 0 fully saturated rings. The van der Waals surface area contributed by atoms with Crippen molar-refractivity contribution in [1.29, 1.82) is 57.9 Å². The van der Waals surface area contributed by atoms with E-state index in [2.05, 4.69) is 71.3 Å². The molecule has 0 bridgehead atoms. The second-order valence-electron chi connectivity index (χ2n) is 26.8. The van der Waals surface area contributed by atoms with E-state index < -0.39 is 148 Å². The minimum Gasteiger partial charge on any atom is -0.406 e. The molecule has 6 aliphatic carbocycles. The molecule has 0 N–H and O–H groups in total. The lowest BCUT2D eigenvalue weighted by atomic mass is 9.84. The second-order valence-corrected chi connectivity index (χ2v) is 26.8. The first kappa shape index (κ1) is 86.5. The summed E-state index contributed by atoms with van der Waals surface area (Å²) in [6, 6.07) is 67.7. The van der Waals surface area contributed by atoms with E-state index in [9.17, 15) is 84.2 Å². The Bertz CT molecular complexity index is 7560. The molecule has 598 valence electrons. The van der Waals surface area contributed by atoms with Crippen molar-refractivity contribution in [1.82, 2.24) is 0 Å². The first-order chi connectivity index (χ1) is 62.9. The average Bonchev–Trinajstić information content (AvgIpc) is 1.54. The number of ether oxygens (including phenoxy) is 2. The van der Waals surface area contributed by atoms with E-state index >= 15 is 8.78 Å². The lowest BCUT2D eigenvalue weighted by Gasteiger charge is -2.24. The summed E-state index contributed by atoms with van der Waals surface area (Å²) in [5, 5.41) is 112. The monoisotopic (exact) mass is 1690 g/mol. The number of hydrogen-bond acceptors (Lipinski definition) is 13. The van der Waals surface area contributed by atoms with E-state index in [1.165, 1.54) is 72.8 Å². The molecule has 0 aliphatic heterocycles. The smallest absolute Gasteiger partial charge is 0.406 e. The van der Waals surface area contributed by atoms with Crippen molar-refractivity contribution in [2.24, 2.45) is 0 Å². The highest BCUT2D eigenvalue weighted by Crippen LogP contribution is 2.66. The molecule has 0 spiro atoms. The average molecular weight is 1700 g/mol. The van der Waals surface area contributed by atoms with Gasteiger partial charge in [-0.3, -0.25) is 0 Å². The predicted octanol–water partition coefficient (Wildman–Crippen LogP) is 23.5. The Morgan fingerprint density at radius 2 is 0.469 bits per heavy atom. The molecule has 0 heterocycles. The number of nitriles is 11. The molecule has 6 aliphatic rings. The molecule has 130 heavy (non-hydrogen) atoms. The first-order valence-electron chi connectivity index (χ1n) is 36.5. The van der Waals surface area contributed by atoms with Crippen LogP contribution in [0.1, 0.15) is 111 Å². The molecule has 9 aromatic rings. The third kappa shape index (κ3) is 13.9. The summed E-state index contributed by atoms with van der Waals surface area (Å²) in [6.07, 6.45) is -11.2. The van der Waals surface area contributed by atoms with Gasteiger partial charge >= 0.3 is 12.7 Å². The molecular formula is C100H30F8N20O2. The topological polar surface area (TPSA) is 319 Å². The van der Waals surface area contributed by atoms with Crippen molar-refractivity contribution in [2.75, 3.05) is 0 Å². The molecule has 0 radical (unpaired) electrons. The maximum atomic E-state index is 16.8. The van der Waals surface area contributed by atoms with Crippen LogP contribution in [-0.2, 0) is 0 Å². The number of rotatable bonds is 8. The number of hydrogen-bond donors (Lipinski definition) is 0. The van der Waals surface area contributed by atoms with Gasteiger partial charge in [-0.15, -0.1) is 26.3 Å². The van der Waals surface area contributed by atoms with Crippen LogP contribution in [0.4, 0.5) is 35.1 Å². The van der Waals surface area contributed by atoms with E-state index in [1.54, 1.807) is 140 Å². The number of alkyl halides is 6. The number of benzene rings is 9. The standard InChI is InChI=1S/C34H10F6N6O2.C34H10N8.C32H10F2N6/c1-44-20(15-42)25-22(17-10-6-4-7-11-17)19(14-41)24-27(25)32(48-34(38,39)40)29-28(31(24)47-33(35,36)37)26(21(16-43)45-2)23(30(29)46-3)18-12-8-5-9-13-18;1-40-24(17-38)32-26(19-10-6-4-7-11-19)21(14-35)28-22(15-36)30-31(23(16-37)29(28)32)34(42-3)27(20-12-8-5-9-13-20)33(30)25(18-39)41-2;1-38-20(15-36)25-22(17-10-6-4-7-11-17)19(14-35)24-27(25)31(34)29-28(30(24)33)26(21(16-37)39-2)23(32(29)40-3)18-12-8-5-9-13-18/h4-13H;4-13H;4-13H/b25-20-,26-21+;32-24-,33-25+;25-20-,26-21+. The van der Waals surface area contributed by atoms with Gasteiger partial charge < -0.3 is 9.47 Å². The molecule has 0 aromatic heterocycles. The Kier molecular flexibility index (Phi) is 23.4. The van der Waals surface area contributed by atoms with Gasteiger partial charge in [-0.05, 0) is 94.7 Å². The summed E-state index contributed by atoms with van der Waals surface area (Å²) in [4.78, 5) is 30.0. The number of allylic oxidation sites excluding steroid dienone is 21. The lowest BCUT2D eigenvalue weighted by Crippen LogP contribution is -2.22. The van der Waals surface area contributed by atoms with Crippen LogP contribution >= 0.6 is 0 Å². The van der Waals surface area contributed by atoms with Gasteiger partial charge in [0.05, 0.1) is 129 Å². The minimum atomic E-state index is -5.60. The van der Waals surface area contributed by atoms with Crippen LogP contribution in [0.2, 0.25) is 0 Å². The SMILES string of the molecule is [C-]#[N+]C1=C(c2ccccc2)/C(=C(/C#N)[N+]#[C-])c2c(C#N)c3c(c(C#N)c21)/C(=C(/C#N)[N+]#[C-])C(c1ccccc1)=C3C#N.[C-]#[N+]C1=C(c2ccccc2)/C(=C(/C#N)[N+]#[C-])c2c(F)c3c(c(F)c21)/C(=C(/C#N)[N+]#[C-])C(c1ccccc1)=C3C#N.[C-]#[N+]C1=C(c2ccccc2)/C(=C(/C#N)[N+]#[C-])c2c(OC(F)(F)F)c3c(c(OC(F)(F)F)c21)/C(=C(/C#N)[N+]#[C-])C(c1ccccc1)=C3C#N. The van der Waals surface area contributed by atoms with E-state index in [0.29, 0.717) is 22.3 Å². The molecule has 22 nitrogen and oxygen atoms in total. The van der Waals surface area contributed by atoms with Crippen LogP contribution in [0, 0.1) is 195 Å². The molecule has 30 heteroatoms. The molecule has 0 atom stereocenters. The lowest BCUT2D eigenvalue weighted by molar-refractivity contribution is -0.277. The molecule has 0 unspecified atom stereocenters. The normalized spacial score (nSPS) is 15.3. The number of nitrogens with zero attached hydrogens (tertiary/aromatic N) is 20. The Balaban J connectivity index is 0.000000167. The summed E-state index contributed by atoms with van der Waals surface area (Å²) >= 11 is 0. The van der Waals surface area contributed by atoms with Crippen molar-refractivity contribution < 1.29 is 44.6 Å². The van der Waals surface area contributed by atoms with Crippen LogP contribution < -0.4 is 9.47 Å². The maximum absolute atomic E-state index is 16.8. The first-order valence-corrected chi connectivity index (χ1v) is 36.5. The number of fused-ring (bicyclic) bond motifs is 6. The summed E-state index contributed by atoms with van der Waals surface area (Å²) in [5.41, 5.74) is -12.6. The highest BCUT2D eigenvalue weighted by Gasteiger charge is 2.51. The Hall–Kier alpha value is -21.3. The van der Waals surface area contributed by atoms with Gasteiger partial charge in [-0.25, -0.2) is 84.0 Å². The van der Waals surface area contributed by atoms with Gasteiger partial charge in [0.15, 0.2) is 0 Å². The zero-order valence-corrected chi connectivity index (χ0v) is 65.1. The second kappa shape index (κ2) is 35.2. The highest BCUT2D eigenvalue weighted by atomic mass is 19.4. The van der Waals surface area contributed by atoms with Crippen LogP contribution in [-0.4, -0.2) is 12.7 Å². The molecule has 0 saturated heterocycles. The third-order valence-corrected chi connectivity index (χ3v) is 20.6. The fourth-order valence-electron chi connectivity index (χ4n) is 16.1. The van der Waals surface area contributed by atoms with E-state index in [1.807, 2.05) is 18.2 Å². The molecule has 0 amide bonds. The van der Waals surface area contributed by atoms with Gasteiger partial charge in [0, 0.05) is 72.4 Å². The Morgan fingerprint density at radius 1 is 0.246 bits per heavy atom. The third-order valence-electron chi connectivity index (χ3n) is 20.6. The Morgan fingerprint density at radius 3 is 0.769 bits per heavy atom. The van der Waals surface area contributed by atoms with E-state index in [4.69, 9.17) is 59.1 Å². The van der Waals surface area contributed by atoms with Crippen molar-refractivity contribution >= 4 is 101 Å². The molecule has 0 saturated carbocycles. The van der Waals surface area contributed by atoms with Crippen molar-refractivity contribution in [3.63, 3.8) is 0 Å². The van der Waals surface area contributed by atoms with E-state index in [0.717, 1.165) is 0 Å². The van der Waals surface area contributed by atoms with Crippen LogP contribution in [0.3, 0.4) is 0 Å². The Labute approximate surface area is 732 Å². The fourth-order valence-corrected chi connectivity index (χ4v) is 16.1.